The smallest absolute Gasteiger partial charge is 0.295 e. The van der Waals surface area contributed by atoms with Crippen LogP contribution in [0.2, 0.25) is 5.02 Å². The maximum absolute atomic E-state index is 12.9. The molecule has 0 radical (unpaired) electrons. The van der Waals surface area contributed by atoms with E-state index in [-0.39, 0.29) is 23.6 Å². The van der Waals surface area contributed by atoms with Crippen molar-refractivity contribution in [3.8, 4) is 0 Å². The number of thioether (sulfide) groups is 1. The second-order valence-electron chi connectivity index (χ2n) is 5.00. The van der Waals surface area contributed by atoms with Crippen LogP contribution in [0.4, 0.5) is 14.9 Å². The molecule has 2 aromatic carbocycles. The number of nitrogens with one attached hydrogen (secondary N) is 1. The summed E-state index contributed by atoms with van der Waals surface area (Å²) >= 11 is 6.67. The number of nitrogens with zero attached hydrogens (tertiary/aromatic N) is 1. The molecule has 1 fully saturated rings. The van der Waals surface area contributed by atoms with Gasteiger partial charge in [-0.2, -0.15) is 0 Å². The van der Waals surface area contributed by atoms with Crippen molar-refractivity contribution in [3.63, 3.8) is 0 Å². The van der Waals surface area contributed by atoms with Crippen LogP contribution in [0.5, 0.6) is 0 Å². The minimum atomic E-state index is -0.379. The molecule has 0 bridgehead atoms. The fraction of sp³-hybridized carbons (Fsp3) is 0.0588. The normalized spacial score (nSPS) is 16.1. The number of carbonyl (C=O) groups excluding carboxylic acids is 2. The number of hydrogen-bond acceptors (Lipinski definition) is 4. The molecule has 1 N–H and O–H groups in total. The maximum Gasteiger partial charge on any atom is 0.295 e. The molecule has 0 saturated carbocycles. The molecule has 122 valence electrons. The molecule has 2 aromatic rings. The summed E-state index contributed by atoms with van der Waals surface area (Å²) < 4.78 is 12.9. The Bertz CT molecular complexity index is 806. The number of imide groups is 1. The number of amides is 2. The lowest BCUT2D eigenvalue weighted by atomic mass is 10.2. The molecule has 2 amide bonds. The van der Waals surface area contributed by atoms with Crippen LogP contribution in [-0.2, 0) is 4.79 Å². The van der Waals surface area contributed by atoms with E-state index < -0.39 is 0 Å². The van der Waals surface area contributed by atoms with Crippen molar-refractivity contribution in [2.24, 2.45) is 0 Å². The van der Waals surface area contributed by atoms with Crippen LogP contribution in [0.1, 0.15) is 5.56 Å². The van der Waals surface area contributed by atoms with Gasteiger partial charge in [0.05, 0.1) is 11.6 Å². The monoisotopic (exact) mass is 362 g/mol. The Hall–Kier alpha value is -2.31. The van der Waals surface area contributed by atoms with Crippen LogP contribution in [-0.4, -0.2) is 22.7 Å². The van der Waals surface area contributed by atoms with Crippen molar-refractivity contribution in [3.05, 3.63) is 69.8 Å². The Morgan fingerprint density at radius 2 is 1.75 bits per heavy atom. The van der Waals surface area contributed by atoms with Crippen molar-refractivity contribution >= 4 is 46.3 Å². The minimum absolute atomic E-state index is 0.0626. The van der Waals surface area contributed by atoms with Crippen LogP contribution < -0.4 is 5.32 Å². The predicted molar refractivity (Wildman–Crippen MR) is 94.2 cm³/mol. The summed E-state index contributed by atoms with van der Waals surface area (Å²) in [4.78, 5) is 25.8. The fourth-order valence-electron chi connectivity index (χ4n) is 2.08. The van der Waals surface area contributed by atoms with Gasteiger partial charge in [0, 0.05) is 10.7 Å². The highest BCUT2D eigenvalue weighted by Crippen LogP contribution is 2.32. The van der Waals surface area contributed by atoms with Gasteiger partial charge in [-0.05, 0) is 59.8 Å². The van der Waals surface area contributed by atoms with Gasteiger partial charge in [-0.15, -0.1) is 0 Å². The lowest BCUT2D eigenvalue weighted by molar-refractivity contribution is -0.122. The lowest BCUT2D eigenvalue weighted by Crippen LogP contribution is -2.33. The molecule has 1 aliphatic heterocycles. The highest BCUT2D eigenvalue weighted by Gasteiger charge is 2.34. The molecule has 1 aliphatic rings. The summed E-state index contributed by atoms with van der Waals surface area (Å²) in [5.74, 6) is -0.733. The van der Waals surface area contributed by atoms with E-state index in [9.17, 15) is 14.0 Å². The molecule has 3 rings (SSSR count). The van der Waals surface area contributed by atoms with Crippen LogP contribution in [0.25, 0.3) is 6.08 Å². The van der Waals surface area contributed by atoms with Crippen molar-refractivity contribution in [2.45, 2.75) is 0 Å². The molecule has 7 heteroatoms. The highest BCUT2D eigenvalue weighted by molar-refractivity contribution is 8.18. The summed E-state index contributed by atoms with van der Waals surface area (Å²) in [6.45, 7) is 0.0626. The second kappa shape index (κ2) is 7.07. The number of benzene rings is 2. The fourth-order valence-corrected chi connectivity index (χ4v) is 3.05. The standard InChI is InChI=1S/C17H12ClFN2O2S/c18-12-3-7-14(8-4-12)20-10-21-16(22)15(24-17(21)23)9-11-1-5-13(19)6-2-11/h1-9,20H,10H2/b15-9+. The van der Waals surface area contributed by atoms with E-state index in [1.807, 2.05) is 0 Å². The number of anilines is 1. The number of halogens is 2. The summed E-state index contributed by atoms with van der Waals surface area (Å²) in [6.07, 6.45) is 1.58. The van der Waals surface area contributed by atoms with Gasteiger partial charge in [0.2, 0.25) is 0 Å². The number of hydrogen-bond donors (Lipinski definition) is 1. The van der Waals surface area contributed by atoms with Gasteiger partial charge in [0.1, 0.15) is 5.82 Å². The second-order valence-corrected chi connectivity index (χ2v) is 6.43. The third-order valence-electron chi connectivity index (χ3n) is 3.33. The first-order valence-electron chi connectivity index (χ1n) is 7.03. The molecule has 4 nitrogen and oxygen atoms in total. The summed E-state index contributed by atoms with van der Waals surface area (Å²) in [6, 6.07) is 12.7. The third-order valence-corrected chi connectivity index (χ3v) is 4.49. The third kappa shape index (κ3) is 3.77. The predicted octanol–water partition coefficient (Wildman–Crippen LogP) is 4.59. The van der Waals surface area contributed by atoms with Gasteiger partial charge in [-0.1, -0.05) is 23.7 Å². The van der Waals surface area contributed by atoms with Crippen molar-refractivity contribution in [1.29, 1.82) is 0 Å². The molecule has 0 unspecified atom stereocenters. The van der Waals surface area contributed by atoms with E-state index in [2.05, 4.69) is 5.32 Å². The SMILES string of the molecule is O=C1S/C(=C/c2ccc(F)cc2)C(=O)N1CNc1ccc(Cl)cc1. The van der Waals surface area contributed by atoms with Gasteiger partial charge in [0.15, 0.2) is 0 Å². The quantitative estimate of drug-likeness (QED) is 0.808. The first-order chi connectivity index (χ1) is 11.5. The summed E-state index contributed by atoms with van der Waals surface area (Å²) in [5.41, 5.74) is 1.41. The molecule has 0 aliphatic carbocycles. The van der Waals surface area contributed by atoms with E-state index in [1.54, 1.807) is 42.5 Å². The van der Waals surface area contributed by atoms with Crippen LogP contribution in [0.15, 0.2) is 53.4 Å². The average Bonchev–Trinajstić information content (AvgIpc) is 2.83. The van der Waals surface area contributed by atoms with Gasteiger partial charge in [0.25, 0.3) is 11.1 Å². The topological polar surface area (TPSA) is 49.4 Å². The molecule has 1 heterocycles. The van der Waals surface area contributed by atoms with Crippen molar-refractivity contribution < 1.29 is 14.0 Å². The Morgan fingerprint density at radius 3 is 2.42 bits per heavy atom. The average molecular weight is 363 g/mol. The van der Waals surface area contributed by atoms with Crippen molar-refractivity contribution in [1.82, 2.24) is 4.90 Å². The first-order valence-corrected chi connectivity index (χ1v) is 8.23. The van der Waals surface area contributed by atoms with Crippen LogP contribution in [0, 0.1) is 5.82 Å². The Balaban J connectivity index is 1.69. The van der Waals surface area contributed by atoms with Crippen molar-refractivity contribution in [2.75, 3.05) is 12.0 Å². The zero-order chi connectivity index (χ0) is 17.1. The number of carbonyl (C=O) groups is 2. The maximum atomic E-state index is 12.9. The molecular formula is C17H12ClFN2O2S. The van der Waals surface area contributed by atoms with Gasteiger partial charge < -0.3 is 5.32 Å². The summed E-state index contributed by atoms with van der Waals surface area (Å²) in [5, 5.41) is 3.26. The molecule has 0 aromatic heterocycles. The first kappa shape index (κ1) is 16.5. The minimum Gasteiger partial charge on any atom is -0.367 e. The van der Waals surface area contributed by atoms with E-state index >= 15 is 0 Å². The molecule has 24 heavy (non-hydrogen) atoms. The Labute approximate surface area is 147 Å². The zero-order valence-corrected chi connectivity index (χ0v) is 13.9. The lowest BCUT2D eigenvalue weighted by Gasteiger charge is -2.14. The van der Waals surface area contributed by atoms with E-state index in [0.717, 1.165) is 22.3 Å². The zero-order valence-electron chi connectivity index (χ0n) is 12.3. The van der Waals surface area contributed by atoms with E-state index in [4.69, 9.17) is 11.6 Å². The Morgan fingerprint density at radius 1 is 1.08 bits per heavy atom. The van der Waals surface area contributed by atoms with Crippen LogP contribution >= 0.6 is 23.4 Å². The number of rotatable bonds is 4. The Kier molecular flexibility index (Phi) is 4.87. The van der Waals surface area contributed by atoms with Gasteiger partial charge in [-0.3, -0.25) is 14.5 Å². The molecule has 0 spiro atoms. The summed E-state index contributed by atoms with van der Waals surface area (Å²) in [7, 11) is 0. The molecule has 1 saturated heterocycles. The molecule has 0 atom stereocenters. The molecular weight excluding hydrogens is 351 g/mol. The van der Waals surface area contributed by atoms with Crippen LogP contribution in [0.3, 0.4) is 0 Å². The van der Waals surface area contributed by atoms with Gasteiger partial charge >= 0.3 is 0 Å². The highest BCUT2D eigenvalue weighted by atomic mass is 35.5. The van der Waals surface area contributed by atoms with E-state index in [1.165, 1.54) is 12.1 Å². The van der Waals surface area contributed by atoms with E-state index in [0.29, 0.717) is 15.5 Å². The van der Waals surface area contributed by atoms with Gasteiger partial charge in [-0.25, -0.2) is 4.39 Å². The largest absolute Gasteiger partial charge is 0.367 e.